The lowest BCUT2D eigenvalue weighted by atomic mass is 10.0. The summed E-state index contributed by atoms with van der Waals surface area (Å²) in [6.45, 7) is 4.46. The van der Waals surface area contributed by atoms with Gasteiger partial charge in [-0.05, 0) is 37.6 Å². The van der Waals surface area contributed by atoms with Gasteiger partial charge in [0.25, 0.3) is 0 Å². The molecule has 2 heterocycles. The Bertz CT molecular complexity index is 731. The summed E-state index contributed by atoms with van der Waals surface area (Å²) in [5.41, 5.74) is 1.40. The molecule has 1 aliphatic rings. The fraction of sp³-hybridized carbons (Fsp3) is 0.444. The van der Waals surface area contributed by atoms with Gasteiger partial charge in [-0.15, -0.1) is 0 Å². The zero-order valence-electron chi connectivity index (χ0n) is 13.8. The van der Waals surface area contributed by atoms with E-state index >= 15 is 0 Å². The summed E-state index contributed by atoms with van der Waals surface area (Å²) in [5.74, 6) is 0.922. The number of oxazole rings is 1. The van der Waals surface area contributed by atoms with E-state index in [1.165, 1.54) is 19.3 Å². The molecule has 126 valence electrons. The molecule has 0 saturated carbocycles. The van der Waals surface area contributed by atoms with Gasteiger partial charge in [-0.1, -0.05) is 36.2 Å². The van der Waals surface area contributed by atoms with Crippen LogP contribution in [0.3, 0.4) is 0 Å². The first kappa shape index (κ1) is 16.8. The molecule has 5 nitrogen and oxygen atoms in total. The minimum atomic E-state index is 0.135. The molecule has 1 saturated heterocycles. The van der Waals surface area contributed by atoms with Crippen LogP contribution in [0.25, 0.3) is 0 Å². The van der Waals surface area contributed by atoms with Crippen molar-refractivity contribution in [1.29, 1.82) is 5.26 Å². The van der Waals surface area contributed by atoms with Gasteiger partial charge in [0.1, 0.15) is 6.07 Å². The highest BCUT2D eigenvalue weighted by Crippen LogP contribution is 2.30. The molecule has 0 bridgehead atoms. The number of nitrogens with one attached hydrogen (secondary N) is 1. The molecule has 24 heavy (non-hydrogen) atoms. The predicted octanol–water partition coefficient (Wildman–Crippen LogP) is 4.15. The number of aryl methyl sites for hydroxylation is 1. The number of hydrogen-bond acceptors (Lipinski definition) is 5. The third kappa shape index (κ3) is 3.72. The second-order valence-electron chi connectivity index (χ2n) is 6.04. The number of anilines is 1. The maximum Gasteiger partial charge on any atom is 0.232 e. The Labute approximate surface area is 147 Å². The second kappa shape index (κ2) is 7.69. The van der Waals surface area contributed by atoms with Crippen LogP contribution in [0.5, 0.6) is 0 Å². The van der Waals surface area contributed by atoms with Crippen molar-refractivity contribution in [2.24, 2.45) is 0 Å². The van der Waals surface area contributed by atoms with Crippen molar-refractivity contribution in [3.8, 4) is 6.07 Å². The molecule has 0 spiro atoms. The number of nitriles is 1. The van der Waals surface area contributed by atoms with Gasteiger partial charge in [0.2, 0.25) is 11.6 Å². The van der Waals surface area contributed by atoms with Gasteiger partial charge in [-0.2, -0.15) is 5.26 Å². The molecule has 0 unspecified atom stereocenters. The van der Waals surface area contributed by atoms with Crippen molar-refractivity contribution in [1.82, 2.24) is 9.88 Å². The highest BCUT2D eigenvalue weighted by molar-refractivity contribution is 6.31. The summed E-state index contributed by atoms with van der Waals surface area (Å²) in [5, 5.41) is 13.2. The fourth-order valence-corrected chi connectivity index (χ4v) is 3.48. The number of aromatic nitrogens is 1. The van der Waals surface area contributed by atoms with E-state index in [1.807, 2.05) is 18.2 Å². The van der Waals surface area contributed by atoms with Gasteiger partial charge in [0.15, 0.2) is 5.89 Å². The number of nitrogens with zero attached hydrogens (tertiary/aromatic N) is 3. The molecule has 0 amide bonds. The third-order valence-corrected chi connectivity index (χ3v) is 4.74. The topological polar surface area (TPSA) is 65.1 Å². The van der Waals surface area contributed by atoms with Gasteiger partial charge in [-0.25, -0.2) is 4.98 Å². The number of rotatable bonds is 5. The average molecular weight is 345 g/mol. The van der Waals surface area contributed by atoms with E-state index in [4.69, 9.17) is 21.3 Å². The molecule has 0 radical (unpaired) electrons. The molecular weight excluding hydrogens is 324 g/mol. The van der Waals surface area contributed by atoms with Gasteiger partial charge >= 0.3 is 0 Å². The molecule has 0 aliphatic carbocycles. The molecule has 3 rings (SSSR count). The number of halogens is 1. The van der Waals surface area contributed by atoms with Crippen molar-refractivity contribution < 1.29 is 4.42 Å². The van der Waals surface area contributed by atoms with Gasteiger partial charge < -0.3 is 9.73 Å². The average Bonchev–Trinajstić information content (AvgIpc) is 2.97. The molecule has 1 aromatic carbocycles. The van der Waals surface area contributed by atoms with E-state index in [0.717, 1.165) is 23.7 Å². The summed E-state index contributed by atoms with van der Waals surface area (Å²) in [6.07, 6.45) is 3.68. The molecule has 1 atom stereocenters. The van der Waals surface area contributed by atoms with E-state index in [9.17, 15) is 0 Å². The Hall–Kier alpha value is -2.03. The normalized spacial score (nSPS) is 16.5. The molecule has 1 aliphatic heterocycles. The zero-order chi connectivity index (χ0) is 16.9. The highest BCUT2D eigenvalue weighted by Gasteiger charge is 2.24. The molecule has 6 heteroatoms. The SMILES string of the molecule is Cc1nc(C#N)c(NC[C@H](c2ccccc2Cl)N2CCCCC2)o1. The lowest BCUT2D eigenvalue weighted by Crippen LogP contribution is -2.37. The summed E-state index contributed by atoms with van der Waals surface area (Å²) in [4.78, 5) is 6.53. The molecule has 1 N–H and O–H groups in total. The molecule has 2 aromatic rings. The molecule has 1 fully saturated rings. The third-order valence-electron chi connectivity index (χ3n) is 4.39. The van der Waals surface area contributed by atoms with E-state index in [-0.39, 0.29) is 6.04 Å². The van der Waals surface area contributed by atoms with Crippen molar-refractivity contribution in [3.63, 3.8) is 0 Å². The van der Waals surface area contributed by atoms with Gasteiger partial charge in [0.05, 0.1) is 6.04 Å². The predicted molar refractivity (Wildman–Crippen MR) is 94.1 cm³/mol. The molecular formula is C18H21ClN4O. The Morgan fingerprint density at radius 1 is 1.33 bits per heavy atom. The lowest BCUT2D eigenvalue weighted by molar-refractivity contribution is 0.170. The van der Waals surface area contributed by atoms with Crippen molar-refractivity contribution >= 4 is 17.5 Å². The van der Waals surface area contributed by atoms with Crippen LogP contribution in [0.1, 0.15) is 42.5 Å². The Morgan fingerprint density at radius 2 is 2.08 bits per heavy atom. The highest BCUT2D eigenvalue weighted by atomic mass is 35.5. The Balaban J connectivity index is 1.82. The van der Waals surface area contributed by atoms with Gasteiger partial charge in [0, 0.05) is 18.5 Å². The van der Waals surface area contributed by atoms with E-state index in [0.29, 0.717) is 24.0 Å². The minimum absolute atomic E-state index is 0.135. The Morgan fingerprint density at radius 3 is 2.79 bits per heavy atom. The van der Waals surface area contributed by atoms with E-state index in [1.54, 1.807) is 6.92 Å². The largest absolute Gasteiger partial charge is 0.424 e. The monoisotopic (exact) mass is 344 g/mol. The number of benzene rings is 1. The van der Waals surface area contributed by atoms with Crippen LogP contribution >= 0.6 is 11.6 Å². The molecule has 1 aromatic heterocycles. The maximum atomic E-state index is 9.16. The summed E-state index contributed by atoms with van der Waals surface area (Å²) in [6, 6.07) is 10.1. The number of hydrogen-bond donors (Lipinski definition) is 1. The summed E-state index contributed by atoms with van der Waals surface area (Å²) >= 11 is 6.44. The van der Waals surface area contributed by atoms with Crippen LogP contribution in [-0.4, -0.2) is 29.5 Å². The van der Waals surface area contributed by atoms with Gasteiger partial charge in [-0.3, -0.25) is 4.90 Å². The van der Waals surface area contributed by atoms with E-state index < -0.39 is 0 Å². The van der Waals surface area contributed by atoms with Crippen molar-refractivity contribution in [3.05, 3.63) is 46.4 Å². The lowest BCUT2D eigenvalue weighted by Gasteiger charge is -2.35. The standard InChI is InChI=1S/C18H21ClN4O/c1-13-22-16(11-20)18(24-13)21-12-17(23-9-5-2-6-10-23)14-7-3-4-8-15(14)19/h3-4,7-8,17,21H,2,5-6,9-10,12H2,1H3/t17-/m1/s1. The van der Waals surface area contributed by atoms with Crippen molar-refractivity contribution in [2.45, 2.75) is 32.2 Å². The smallest absolute Gasteiger partial charge is 0.232 e. The van der Waals surface area contributed by atoms with Crippen LogP contribution in [0.2, 0.25) is 5.02 Å². The summed E-state index contributed by atoms with van der Waals surface area (Å²) in [7, 11) is 0. The number of piperidine rings is 1. The second-order valence-corrected chi connectivity index (χ2v) is 6.44. The fourth-order valence-electron chi connectivity index (χ4n) is 3.22. The van der Waals surface area contributed by atoms with E-state index in [2.05, 4.69) is 27.3 Å². The maximum absolute atomic E-state index is 9.16. The van der Waals surface area contributed by atoms with Crippen molar-refractivity contribution in [2.75, 3.05) is 25.0 Å². The first-order valence-electron chi connectivity index (χ1n) is 8.29. The number of likely N-dealkylation sites (tertiary alicyclic amines) is 1. The summed E-state index contributed by atoms with van der Waals surface area (Å²) < 4.78 is 5.51. The quantitative estimate of drug-likeness (QED) is 0.882. The van der Waals surface area contributed by atoms with Crippen LogP contribution in [-0.2, 0) is 0 Å². The first-order valence-corrected chi connectivity index (χ1v) is 8.66. The van der Waals surface area contributed by atoms with Crippen LogP contribution in [0.15, 0.2) is 28.7 Å². The minimum Gasteiger partial charge on any atom is -0.424 e. The van der Waals surface area contributed by atoms with Crippen LogP contribution in [0.4, 0.5) is 5.88 Å². The van der Waals surface area contributed by atoms with Crippen LogP contribution < -0.4 is 5.32 Å². The first-order chi connectivity index (χ1) is 11.7. The zero-order valence-corrected chi connectivity index (χ0v) is 14.5. The van der Waals surface area contributed by atoms with Crippen LogP contribution in [0, 0.1) is 18.3 Å². The Kier molecular flexibility index (Phi) is 5.39.